The Morgan fingerprint density at radius 2 is 2.00 bits per heavy atom. The Balaban J connectivity index is 2.30. The van der Waals surface area contributed by atoms with Crippen LogP contribution in [0.25, 0.3) is 0 Å². The lowest BCUT2D eigenvalue weighted by molar-refractivity contribution is 0.423. The molecule has 0 fully saturated rings. The van der Waals surface area contributed by atoms with Crippen molar-refractivity contribution >= 4 is 5.95 Å². The predicted octanol–water partition coefficient (Wildman–Crippen LogP) is 2.14. The number of nitrogen functional groups attached to an aromatic ring is 1. The summed E-state index contributed by atoms with van der Waals surface area (Å²) >= 11 is 0. The number of benzene rings is 1. The van der Waals surface area contributed by atoms with Crippen LogP contribution in [0.4, 0.5) is 14.7 Å². The summed E-state index contributed by atoms with van der Waals surface area (Å²) in [5.41, 5.74) is 2.85. The zero-order chi connectivity index (χ0) is 13.1. The molecule has 1 heterocycles. The number of hydrazine groups is 1. The van der Waals surface area contributed by atoms with Gasteiger partial charge in [0.25, 0.3) is 0 Å². The van der Waals surface area contributed by atoms with Crippen molar-refractivity contribution in [2.45, 2.75) is 6.92 Å². The van der Waals surface area contributed by atoms with E-state index in [1.165, 1.54) is 12.1 Å². The fourth-order valence-electron chi connectivity index (χ4n) is 1.33. The number of hydrogen-bond donors (Lipinski definition) is 2. The standard InChI is InChI=1S/C11H10F2N4O/c1-6-4-10(16-11(15-6)17-14)18-9-3-2-7(12)5-8(9)13/h2-5H,14H2,1H3,(H,15,16,17). The molecule has 0 amide bonds. The molecule has 0 atom stereocenters. The maximum atomic E-state index is 13.4. The molecule has 0 radical (unpaired) electrons. The van der Waals surface area contributed by atoms with E-state index < -0.39 is 11.6 Å². The van der Waals surface area contributed by atoms with Gasteiger partial charge in [-0.05, 0) is 19.1 Å². The van der Waals surface area contributed by atoms with E-state index in [2.05, 4.69) is 15.4 Å². The Kier molecular flexibility index (Phi) is 3.33. The van der Waals surface area contributed by atoms with Gasteiger partial charge in [0.2, 0.25) is 11.8 Å². The summed E-state index contributed by atoms with van der Waals surface area (Å²) in [6.07, 6.45) is 0. The highest BCUT2D eigenvalue weighted by Gasteiger charge is 2.08. The van der Waals surface area contributed by atoms with Gasteiger partial charge < -0.3 is 4.74 Å². The first-order valence-electron chi connectivity index (χ1n) is 5.03. The molecule has 3 N–H and O–H groups in total. The largest absolute Gasteiger partial charge is 0.436 e. The number of nitrogens with one attached hydrogen (secondary N) is 1. The first kappa shape index (κ1) is 12.2. The van der Waals surface area contributed by atoms with Crippen LogP contribution in [-0.4, -0.2) is 9.97 Å². The first-order chi connectivity index (χ1) is 8.58. The van der Waals surface area contributed by atoms with Crippen molar-refractivity contribution in [2.24, 2.45) is 5.84 Å². The summed E-state index contributed by atoms with van der Waals surface area (Å²) in [5, 5.41) is 0. The van der Waals surface area contributed by atoms with Crippen LogP contribution >= 0.6 is 0 Å². The summed E-state index contributed by atoms with van der Waals surface area (Å²) in [7, 11) is 0. The summed E-state index contributed by atoms with van der Waals surface area (Å²) in [6, 6.07) is 4.50. The summed E-state index contributed by atoms with van der Waals surface area (Å²) in [4.78, 5) is 7.83. The van der Waals surface area contributed by atoms with E-state index in [0.717, 1.165) is 12.1 Å². The lowest BCUT2D eigenvalue weighted by Gasteiger charge is -2.07. The Hall–Kier alpha value is -2.28. The number of anilines is 1. The van der Waals surface area contributed by atoms with Gasteiger partial charge in [-0.2, -0.15) is 4.98 Å². The van der Waals surface area contributed by atoms with Crippen LogP contribution in [0.1, 0.15) is 5.69 Å². The highest BCUT2D eigenvalue weighted by Crippen LogP contribution is 2.24. The summed E-state index contributed by atoms with van der Waals surface area (Å²) in [6.45, 7) is 1.70. The third-order valence-corrected chi connectivity index (χ3v) is 2.07. The fraction of sp³-hybridized carbons (Fsp3) is 0.0909. The molecule has 0 aliphatic rings. The maximum Gasteiger partial charge on any atom is 0.240 e. The van der Waals surface area contributed by atoms with Crippen molar-refractivity contribution in [2.75, 3.05) is 5.43 Å². The van der Waals surface area contributed by atoms with Crippen LogP contribution in [0, 0.1) is 18.6 Å². The molecule has 1 aromatic carbocycles. The van der Waals surface area contributed by atoms with E-state index in [0.29, 0.717) is 5.69 Å². The minimum atomic E-state index is -0.812. The lowest BCUT2D eigenvalue weighted by Crippen LogP contribution is -2.11. The van der Waals surface area contributed by atoms with Gasteiger partial charge >= 0.3 is 0 Å². The summed E-state index contributed by atoms with van der Waals surface area (Å²) < 4.78 is 31.3. The van der Waals surface area contributed by atoms with E-state index in [4.69, 9.17) is 10.6 Å². The van der Waals surface area contributed by atoms with Crippen molar-refractivity contribution in [1.29, 1.82) is 0 Å². The number of nitrogens with zero attached hydrogens (tertiary/aromatic N) is 2. The molecular formula is C11H10F2N4O. The Morgan fingerprint density at radius 1 is 1.22 bits per heavy atom. The Labute approximate surface area is 102 Å². The first-order valence-corrected chi connectivity index (χ1v) is 5.03. The summed E-state index contributed by atoms with van der Waals surface area (Å²) in [5.74, 6) is 3.82. The van der Waals surface area contributed by atoms with Crippen LogP contribution in [0.5, 0.6) is 11.6 Å². The molecular weight excluding hydrogens is 242 g/mol. The minimum Gasteiger partial charge on any atom is -0.436 e. The van der Waals surface area contributed by atoms with Gasteiger partial charge in [0.15, 0.2) is 11.6 Å². The maximum absolute atomic E-state index is 13.4. The van der Waals surface area contributed by atoms with Gasteiger partial charge in [-0.1, -0.05) is 0 Å². The van der Waals surface area contributed by atoms with Gasteiger partial charge in [0, 0.05) is 17.8 Å². The van der Waals surface area contributed by atoms with Crippen molar-refractivity contribution < 1.29 is 13.5 Å². The molecule has 0 spiro atoms. The van der Waals surface area contributed by atoms with E-state index >= 15 is 0 Å². The average Bonchev–Trinajstić information content (AvgIpc) is 2.32. The van der Waals surface area contributed by atoms with Crippen molar-refractivity contribution in [3.63, 3.8) is 0 Å². The topological polar surface area (TPSA) is 73.1 Å². The van der Waals surface area contributed by atoms with Crippen LogP contribution in [0.3, 0.4) is 0 Å². The van der Waals surface area contributed by atoms with E-state index in [1.807, 2.05) is 0 Å². The lowest BCUT2D eigenvalue weighted by atomic mass is 10.3. The molecule has 0 aliphatic carbocycles. The number of halogens is 2. The fourth-order valence-corrected chi connectivity index (χ4v) is 1.33. The van der Waals surface area contributed by atoms with Crippen molar-refractivity contribution in [3.8, 4) is 11.6 Å². The molecule has 0 saturated carbocycles. The van der Waals surface area contributed by atoms with Gasteiger partial charge in [-0.25, -0.2) is 19.6 Å². The van der Waals surface area contributed by atoms with Gasteiger partial charge in [-0.3, -0.25) is 5.43 Å². The quantitative estimate of drug-likeness (QED) is 0.646. The molecule has 7 heteroatoms. The van der Waals surface area contributed by atoms with E-state index in [-0.39, 0.29) is 17.6 Å². The Morgan fingerprint density at radius 3 is 2.67 bits per heavy atom. The molecule has 2 rings (SSSR count). The average molecular weight is 252 g/mol. The molecule has 0 aliphatic heterocycles. The second kappa shape index (κ2) is 4.92. The SMILES string of the molecule is Cc1cc(Oc2ccc(F)cc2F)nc(NN)n1. The van der Waals surface area contributed by atoms with Crippen molar-refractivity contribution in [1.82, 2.24) is 9.97 Å². The molecule has 0 saturated heterocycles. The van der Waals surface area contributed by atoms with Gasteiger partial charge in [-0.15, -0.1) is 0 Å². The predicted molar refractivity (Wildman–Crippen MR) is 61.0 cm³/mol. The number of hydrogen-bond acceptors (Lipinski definition) is 5. The zero-order valence-corrected chi connectivity index (χ0v) is 9.45. The van der Waals surface area contributed by atoms with Crippen LogP contribution < -0.4 is 16.0 Å². The molecule has 2 aromatic rings. The van der Waals surface area contributed by atoms with Gasteiger partial charge in [0.1, 0.15) is 5.82 Å². The molecule has 1 aromatic heterocycles. The third-order valence-electron chi connectivity index (χ3n) is 2.07. The van der Waals surface area contributed by atoms with Crippen molar-refractivity contribution in [3.05, 3.63) is 41.6 Å². The second-order valence-corrected chi connectivity index (χ2v) is 3.49. The number of ether oxygens (including phenoxy) is 1. The normalized spacial score (nSPS) is 10.2. The number of aryl methyl sites for hydroxylation is 1. The van der Waals surface area contributed by atoms with E-state index in [1.54, 1.807) is 6.92 Å². The molecule has 18 heavy (non-hydrogen) atoms. The molecule has 5 nitrogen and oxygen atoms in total. The number of aromatic nitrogens is 2. The second-order valence-electron chi connectivity index (χ2n) is 3.49. The highest BCUT2D eigenvalue weighted by molar-refractivity contribution is 5.33. The molecule has 94 valence electrons. The smallest absolute Gasteiger partial charge is 0.240 e. The number of rotatable bonds is 3. The zero-order valence-electron chi connectivity index (χ0n) is 9.45. The van der Waals surface area contributed by atoms with Crippen LogP contribution in [0.2, 0.25) is 0 Å². The van der Waals surface area contributed by atoms with Gasteiger partial charge in [0.05, 0.1) is 0 Å². The molecule has 0 unspecified atom stereocenters. The minimum absolute atomic E-state index is 0.112. The monoisotopic (exact) mass is 252 g/mol. The van der Waals surface area contributed by atoms with Crippen LogP contribution in [0.15, 0.2) is 24.3 Å². The highest BCUT2D eigenvalue weighted by atomic mass is 19.1. The Bertz CT molecular complexity index is 577. The number of nitrogens with two attached hydrogens (primary N) is 1. The third kappa shape index (κ3) is 2.69. The van der Waals surface area contributed by atoms with E-state index in [9.17, 15) is 8.78 Å². The molecule has 0 bridgehead atoms. The van der Waals surface area contributed by atoms with Crippen LogP contribution in [-0.2, 0) is 0 Å².